The van der Waals surface area contributed by atoms with Gasteiger partial charge in [-0.25, -0.2) is 9.37 Å². The topological polar surface area (TPSA) is 124 Å². The summed E-state index contributed by atoms with van der Waals surface area (Å²) in [5.74, 6) is -1.31. The summed E-state index contributed by atoms with van der Waals surface area (Å²) in [6, 6.07) is 16.3. The molecule has 4 aromatic rings. The SMILES string of the molecule is CCn1ncc2cc(Nc3nc(N[C@@H](CN)Cc4ccccc4)c(F)cc3C(N)=O)ccc21. The lowest BCUT2D eigenvalue weighted by Crippen LogP contribution is -2.32. The summed E-state index contributed by atoms with van der Waals surface area (Å²) in [5.41, 5.74) is 14.1. The van der Waals surface area contributed by atoms with Crippen LogP contribution in [0.2, 0.25) is 0 Å². The van der Waals surface area contributed by atoms with Gasteiger partial charge >= 0.3 is 0 Å². The van der Waals surface area contributed by atoms with Crippen LogP contribution in [-0.2, 0) is 13.0 Å². The summed E-state index contributed by atoms with van der Waals surface area (Å²) in [7, 11) is 0. The van der Waals surface area contributed by atoms with Crippen molar-refractivity contribution in [3.8, 4) is 0 Å². The zero-order valence-electron chi connectivity index (χ0n) is 18.3. The number of rotatable bonds is 9. The van der Waals surface area contributed by atoms with E-state index in [9.17, 15) is 9.18 Å². The minimum absolute atomic E-state index is 0.00578. The van der Waals surface area contributed by atoms with E-state index in [2.05, 4.69) is 20.7 Å². The monoisotopic (exact) mass is 447 g/mol. The Morgan fingerprint density at radius 3 is 2.64 bits per heavy atom. The molecule has 170 valence electrons. The second-order valence-corrected chi connectivity index (χ2v) is 7.70. The fourth-order valence-corrected chi connectivity index (χ4v) is 3.71. The normalized spacial score (nSPS) is 12.0. The van der Waals surface area contributed by atoms with Crippen LogP contribution in [0, 0.1) is 5.82 Å². The molecule has 1 amide bonds. The Kier molecular flexibility index (Phi) is 6.50. The number of amides is 1. The van der Waals surface area contributed by atoms with Crippen molar-refractivity contribution >= 4 is 34.1 Å². The average Bonchev–Trinajstić information content (AvgIpc) is 3.23. The predicted octanol–water partition coefficient (Wildman–Crippen LogP) is 3.41. The van der Waals surface area contributed by atoms with E-state index in [0.29, 0.717) is 12.1 Å². The van der Waals surface area contributed by atoms with Gasteiger partial charge in [0.2, 0.25) is 0 Å². The lowest BCUT2D eigenvalue weighted by molar-refractivity contribution is 0.100. The molecule has 0 saturated heterocycles. The molecule has 6 N–H and O–H groups in total. The molecule has 0 aliphatic carbocycles. The first-order chi connectivity index (χ1) is 16.0. The summed E-state index contributed by atoms with van der Waals surface area (Å²) in [5, 5.41) is 11.4. The molecular formula is C24H26FN7O. The van der Waals surface area contributed by atoms with E-state index in [-0.39, 0.29) is 29.8 Å². The summed E-state index contributed by atoms with van der Waals surface area (Å²) in [6.45, 7) is 3.04. The van der Waals surface area contributed by atoms with Gasteiger partial charge in [-0.05, 0) is 43.2 Å². The number of carbonyl (C=O) groups excluding carboxylic acids is 1. The van der Waals surface area contributed by atoms with E-state index in [1.807, 2.05) is 60.1 Å². The third-order valence-electron chi connectivity index (χ3n) is 5.40. The first-order valence-corrected chi connectivity index (χ1v) is 10.7. The Balaban J connectivity index is 1.63. The lowest BCUT2D eigenvalue weighted by atomic mass is 10.1. The number of hydrogen-bond donors (Lipinski definition) is 4. The number of nitrogens with zero attached hydrogens (tertiary/aromatic N) is 3. The molecule has 33 heavy (non-hydrogen) atoms. The van der Waals surface area contributed by atoms with Gasteiger partial charge in [0, 0.05) is 30.2 Å². The summed E-state index contributed by atoms with van der Waals surface area (Å²) in [6.07, 6.45) is 2.36. The van der Waals surface area contributed by atoms with Crippen LogP contribution in [0.5, 0.6) is 0 Å². The van der Waals surface area contributed by atoms with Crippen molar-refractivity contribution < 1.29 is 9.18 Å². The van der Waals surface area contributed by atoms with Crippen molar-refractivity contribution in [3.63, 3.8) is 0 Å². The van der Waals surface area contributed by atoms with E-state index in [0.717, 1.165) is 29.1 Å². The number of hydrogen-bond acceptors (Lipinski definition) is 6. The highest BCUT2D eigenvalue weighted by atomic mass is 19.1. The van der Waals surface area contributed by atoms with Crippen LogP contribution in [0.1, 0.15) is 22.8 Å². The van der Waals surface area contributed by atoms with Crippen molar-refractivity contribution in [1.29, 1.82) is 0 Å². The first kappa shape index (κ1) is 22.2. The predicted molar refractivity (Wildman–Crippen MR) is 128 cm³/mol. The van der Waals surface area contributed by atoms with E-state index in [1.54, 1.807) is 6.20 Å². The van der Waals surface area contributed by atoms with Crippen LogP contribution >= 0.6 is 0 Å². The molecule has 0 unspecified atom stereocenters. The van der Waals surface area contributed by atoms with Gasteiger partial charge in [0.25, 0.3) is 5.91 Å². The van der Waals surface area contributed by atoms with E-state index < -0.39 is 11.7 Å². The summed E-state index contributed by atoms with van der Waals surface area (Å²) in [4.78, 5) is 16.3. The van der Waals surface area contributed by atoms with Crippen molar-refractivity contribution in [2.24, 2.45) is 11.5 Å². The smallest absolute Gasteiger partial charge is 0.252 e. The number of pyridine rings is 1. The van der Waals surface area contributed by atoms with Crippen molar-refractivity contribution in [3.05, 3.63) is 77.7 Å². The zero-order valence-corrected chi connectivity index (χ0v) is 18.3. The fourth-order valence-electron chi connectivity index (χ4n) is 3.71. The number of anilines is 3. The quantitative estimate of drug-likeness (QED) is 0.312. The number of aryl methyl sites for hydroxylation is 1. The molecule has 0 aliphatic rings. The van der Waals surface area contributed by atoms with Crippen molar-refractivity contribution in [2.75, 3.05) is 17.2 Å². The second-order valence-electron chi connectivity index (χ2n) is 7.70. The number of carbonyl (C=O) groups is 1. The highest BCUT2D eigenvalue weighted by molar-refractivity contribution is 5.99. The summed E-state index contributed by atoms with van der Waals surface area (Å²) >= 11 is 0. The molecule has 2 aromatic heterocycles. The Labute approximate surface area is 190 Å². The van der Waals surface area contributed by atoms with E-state index >= 15 is 0 Å². The largest absolute Gasteiger partial charge is 0.365 e. The molecule has 0 spiro atoms. The van der Waals surface area contributed by atoms with Crippen LogP contribution in [-0.4, -0.2) is 33.3 Å². The molecular weight excluding hydrogens is 421 g/mol. The van der Waals surface area contributed by atoms with Gasteiger partial charge in [0.1, 0.15) is 5.82 Å². The molecule has 4 rings (SSSR count). The maximum Gasteiger partial charge on any atom is 0.252 e. The third-order valence-corrected chi connectivity index (χ3v) is 5.40. The highest BCUT2D eigenvalue weighted by Gasteiger charge is 2.19. The minimum Gasteiger partial charge on any atom is -0.365 e. The van der Waals surface area contributed by atoms with Gasteiger partial charge in [-0.15, -0.1) is 0 Å². The fraction of sp³-hybridized carbons (Fsp3) is 0.208. The number of fused-ring (bicyclic) bond motifs is 1. The zero-order chi connectivity index (χ0) is 23.4. The molecule has 0 aliphatic heterocycles. The molecule has 2 aromatic carbocycles. The lowest BCUT2D eigenvalue weighted by Gasteiger charge is -2.19. The number of benzene rings is 2. The van der Waals surface area contributed by atoms with Gasteiger partial charge in [-0.1, -0.05) is 30.3 Å². The Morgan fingerprint density at radius 1 is 1.15 bits per heavy atom. The number of aromatic nitrogens is 3. The Bertz CT molecular complexity index is 1270. The molecule has 8 nitrogen and oxygen atoms in total. The van der Waals surface area contributed by atoms with Gasteiger partial charge < -0.3 is 22.1 Å². The molecule has 0 fully saturated rings. The number of primary amides is 1. The molecule has 9 heteroatoms. The van der Waals surface area contributed by atoms with Crippen LogP contribution in [0.25, 0.3) is 10.9 Å². The standard InChI is InChI=1S/C24H26FN7O/c1-2-32-21-9-8-17(11-16(21)14-28-32)29-23-19(22(27)33)12-20(25)24(31-23)30-18(13-26)10-15-6-4-3-5-7-15/h3-9,11-12,14,18H,2,10,13,26H2,1H3,(H2,27,33)(H2,29,30,31)/t18-/m1/s1. The van der Waals surface area contributed by atoms with Gasteiger partial charge in [-0.2, -0.15) is 5.10 Å². The van der Waals surface area contributed by atoms with E-state index in [4.69, 9.17) is 11.5 Å². The highest BCUT2D eigenvalue weighted by Crippen LogP contribution is 2.26. The van der Waals surface area contributed by atoms with Gasteiger partial charge in [0.15, 0.2) is 11.6 Å². The van der Waals surface area contributed by atoms with Crippen LogP contribution in [0.4, 0.5) is 21.7 Å². The maximum absolute atomic E-state index is 14.8. The first-order valence-electron chi connectivity index (χ1n) is 10.7. The summed E-state index contributed by atoms with van der Waals surface area (Å²) < 4.78 is 16.7. The number of nitrogens with one attached hydrogen (secondary N) is 2. The molecule has 0 radical (unpaired) electrons. The van der Waals surface area contributed by atoms with Gasteiger partial charge in [0.05, 0.1) is 17.3 Å². The number of halogens is 1. The molecule has 1 atom stereocenters. The second kappa shape index (κ2) is 9.66. The van der Waals surface area contributed by atoms with Crippen LogP contribution < -0.4 is 22.1 Å². The Morgan fingerprint density at radius 2 is 1.94 bits per heavy atom. The maximum atomic E-state index is 14.8. The van der Waals surface area contributed by atoms with E-state index in [1.165, 1.54) is 0 Å². The number of nitrogens with two attached hydrogens (primary N) is 2. The third kappa shape index (κ3) is 4.93. The molecule has 2 heterocycles. The molecule has 0 saturated carbocycles. The molecule has 0 bridgehead atoms. The Hall–Kier alpha value is -3.98. The van der Waals surface area contributed by atoms with Gasteiger partial charge in [-0.3, -0.25) is 9.48 Å². The average molecular weight is 448 g/mol. The van der Waals surface area contributed by atoms with Crippen LogP contribution in [0.3, 0.4) is 0 Å². The van der Waals surface area contributed by atoms with Crippen LogP contribution in [0.15, 0.2) is 60.8 Å². The van der Waals surface area contributed by atoms with Crippen molar-refractivity contribution in [2.45, 2.75) is 25.9 Å². The van der Waals surface area contributed by atoms with Crippen molar-refractivity contribution in [1.82, 2.24) is 14.8 Å². The minimum atomic E-state index is -0.782.